The molecule has 0 fully saturated rings. The van der Waals surface area contributed by atoms with Crippen LogP contribution in [0.2, 0.25) is 0 Å². The number of rotatable bonds is 2. The number of benzene rings is 1. The molecule has 0 nitrogen and oxygen atoms in total. The Balaban J connectivity index is 3.21. The van der Waals surface area contributed by atoms with Crippen molar-refractivity contribution in [2.24, 2.45) is 0 Å². The smallest absolute Gasteiger partial charge is 0.207 e. The van der Waals surface area contributed by atoms with E-state index in [1.807, 2.05) is 0 Å². The molecule has 1 rings (SSSR count). The summed E-state index contributed by atoms with van der Waals surface area (Å²) < 4.78 is 39.1. The zero-order valence-electron chi connectivity index (χ0n) is 8.74. The van der Waals surface area contributed by atoms with E-state index >= 15 is 0 Å². The molecule has 0 aliphatic carbocycles. The molecule has 1 aromatic carbocycles. The lowest BCUT2D eigenvalue weighted by Crippen LogP contribution is -2.18. The standard InChI is InChI=1S/C11H12ClF3/c1-6-5-9(13)7(2)4-8(6)10(12)11(3,14)15/h4-5,10H,1-3H3. The minimum Gasteiger partial charge on any atom is -0.207 e. The highest BCUT2D eigenvalue weighted by Crippen LogP contribution is 2.38. The van der Waals surface area contributed by atoms with Gasteiger partial charge in [0.05, 0.1) is 0 Å². The molecule has 0 aromatic heterocycles. The van der Waals surface area contributed by atoms with Crippen LogP contribution in [0.3, 0.4) is 0 Å². The van der Waals surface area contributed by atoms with Gasteiger partial charge in [-0.05, 0) is 36.6 Å². The van der Waals surface area contributed by atoms with Gasteiger partial charge in [0.2, 0.25) is 0 Å². The number of alkyl halides is 3. The van der Waals surface area contributed by atoms with Gasteiger partial charge in [0, 0.05) is 6.92 Å². The molecule has 0 aliphatic heterocycles. The zero-order valence-corrected chi connectivity index (χ0v) is 9.50. The van der Waals surface area contributed by atoms with Crippen molar-refractivity contribution >= 4 is 11.6 Å². The van der Waals surface area contributed by atoms with E-state index in [1.165, 1.54) is 19.1 Å². The van der Waals surface area contributed by atoms with Crippen molar-refractivity contribution in [2.45, 2.75) is 32.1 Å². The maximum atomic E-state index is 13.1. The summed E-state index contributed by atoms with van der Waals surface area (Å²) in [4.78, 5) is 0. The Morgan fingerprint density at radius 2 is 1.73 bits per heavy atom. The highest BCUT2D eigenvalue weighted by molar-refractivity contribution is 6.21. The summed E-state index contributed by atoms with van der Waals surface area (Å²) >= 11 is 5.64. The van der Waals surface area contributed by atoms with Gasteiger partial charge in [-0.25, -0.2) is 13.2 Å². The van der Waals surface area contributed by atoms with Crippen LogP contribution in [0.4, 0.5) is 13.2 Å². The molecule has 1 aromatic rings. The SMILES string of the molecule is Cc1cc(C(Cl)C(C)(F)F)c(C)cc1F. The summed E-state index contributed by atoms with van der Waals surface area (Å²) in [5, 5.41) is -1.42. The van der Waals surface area contributed by atoms with Crippen LogP contribution in [0.25, 0.3) is 0 Å². The van der Waals surface area contributed by atoms with Crippen molar-refractivity contribution in [2.75, 3.05) is 0 Å². The summed E-state index contributed by atoms with van der Waals surface area (Å²) in [6, 6.07) is 2.60. The highest BCUT2D eigenvalue weighted by atomic mass is 35.5. The molecule has 4 heteroatoms. The monoisotopic (exact) mass is 236 g/mol. The Morgan fingerprint density at radius 3 is 2.20 bits per heavy atom. The molecule has 0 aliphatic rings. The molecule has 0 N–H and O–H groups in total. The van der Waals surface area contributed by atoms with Gasteiger partial charge in [-0.3, -0.25) is 0 Å². The van der Waals surface area contributed by atoms with E-state index in [9.17, 15) is 13.2 Å². The van der Waals surface area contributed by atoms with Crippen molar-refractivity contribution in [3.63, 3.8) is 0 Å². The van der Waals surface area contributed by atoms with Gasteiger partial charge >= 0.3 is 0 Å². The molecule has 0 saturated carbocycles. The Bertz CT molecular complexity index is 369. The summed E-state index contributed by atoms with van der Waals surface area (Å²) in [6.07, 6.45) is 0. The van der Waals surface area contributed by atoms with Crippen molar-refractivity contribution in [3.05, 3.63) is 34.6 Å². The average molecular weight is 237 g/mol. The first kappa shape index (κ1) is 12.4. The maximum absolute atomic E-state index is 13.1. The molecule has 0 bridgehead atoms. The van der Waals surface area contributed by atoms with Crippen molar-refractivity contribution in [3.8, 4) is 0 Å². The van der Waals surface area contributed by atoms with E-state index in [-0.39, 0.29) is 5.56 Å². The lowest BCUT2D eigenvalue weighted by Gasteiger charge is -2.20. The van der Waals surface area contributed by atoms with Crippen LogP contribution < -0.4 is 0 Å². The fourth-order valence-electron chi connectivity index (χ4n) is 1.35. The molecule has 1 unspecified atom stereocenters. The van der Waals surface area contributed by atoms with Gasteiger partial charge in [-0.15, -0.1) is 11.6 Å². The molecular formula is C11H12ClF3. The van der Waals surface area contributed by atoms with E-state index in [0.29, 0.717) is 11.1 Å². The van der Waals surface area contributed by atoms with Crippen LogP contribution in [0, 0.1) is 19.7 Å². The summed E-state index contributed by atoms with van der Waals surface area (Å²) in [6.45, 7) is 3.84. The van der Waals surface area contributed by atoms with E-state index in [0.717, 1.165) is 6.92 Å². The second-order valence-corrected chi connectivity index (χ2v) is 4.21. The fourth-order valence-corrected chi connectivity index (χ4v) is 1.58. The van der Waals surface area contributed by atoms with Crippen LogP contribution >= 0.6 is 11.6 Å². The first-order valence-corrected chi connectivity index (χ1v) is 4.95. The lowest BCUT2D eigenvalue weighted by molar-refractivity contribution is 0.0167. The first-order chi connectivity index (χ1) is 6.73. The van der Waals surface area contributed by atoms with Gasteiger partial charge in [-0.2, -0.15) is 0 Å². The quantitative estimate of drug-likeness (QED) is 0.669. The molecule has 1 atom stereocenters. The Hall–Kier alpha value is -0.700. The van der Waals surface area contributed by atoms with Crippen LogP contribution in [0.5, 0.6) is 0 Å². The third-order valence-corrected chi connectivity index (χ3v) is 2.88. The van der Waals surface area contributed by atoms with Crippen molar-refractivity contribution < 1.29 is 13.2 Å². The third kappa shape index (κ3) is 2.65. The summed E-state index contributed by atoms with van der Waals surface area (Å²) in [7, 11) is 0. The molecular weight excluding hydrogens is 225 g/mol. The minimum atomic E-state index is -3.02. The fraction of sp³-hybridized carbons (Fsp3) is 0.455. The predicted octanol–water partition coefficient (Wildman–Crippen LogP) is 4.38. The van der Waals surface area contributed by atoms with Gasteiger partial charge < -0.3 is 0 Å². The minimum absolute atomic E-state index is 0.281. The molecule has 84 valence electrons. The highest BCUT2D eigenvalue weighted by Gasteiger charge is 2.34. The Morgan fingerprint density at radius 1 is 1.20 bits per heavy atom. The number of hydrogen-bond donors (Lipinski definition) is 0. The van der Waals surface area contributed by atoms with Gasteiger partial charge in [0.1, 0.15) is 11.2 Å². The maximum Gasteiger partial charge on any atom is 0.265 e. The Labute approximate surface area is 92.1 Å². The summed E-state index contributed by atoms with van der Waals surface area (Å²) in [5.41, 5.74) is 1.05. The van der Waals surface area contributed by atoms with Crippen molar-refractivity contribution in [1.29, 1.82) is 0 Å². The second-order valence-electron chi connectivity index (χ2n) is 3.78. The first-order valence-electron chi connectivity index (χ1n) is 4.52. The van der Waals surface area contributed by atoms with Crippen LogP contribution in [-0.2, 0) is 0 Å². The normalized spacial score (nSPS) is 14.1. The Kier molecular flexibility index (Phi) is 3.34. The zero-order chi connectivity index (χ0) is 11.8. The van der Waals surface area contributed by atoms with Gasteiger partial charge in [0.25, 0.3) is 5.92 Å². The topological polar surface area (TPSA) is 0 Å². The largest absolute Gasteiger partial charge is 0.265 e. The van der Waals surface area contributed by atoms with E-state index in [2.05, 4.69) is 0 Å². The van der Waals surface area contributed by atoms with E-state index in [4.69, 9.17) is 11.6 Å². The van der Waals surface area contributed by atoms with E-state index < -0.39 is 17.1 Å². The van der Waals surface area contributed by atoms with Gasteiger partial charge in [0.15, 0.2) is 0 Å². The number of halogens is 4. The molecule has 0 amide bonds. The molecule has 0 spiro atoms. The van der Waals surface area contributed by atoms with Crippen molar-refractivity contribution in [1.82, 2.24) is 0 Å². The predicted molar refractivity (Wildman–Crippen MR) is 55.1 cm³/mol. The molecule has 0 heterocycles. The lowest BCUT2D eigenvalue weighted by atomic mass is 9.99. The summed E-state index contributed by atoms with van der Waals surface area (Å²) in [5.74, 6) is -3.42. The van der Waals surface area contributed by atoms with Crippen LogP contribution in [0.1, 0.15) is 29.0 Å². The molecule has 0 radical (unpaired) electrons. The molecule has 15 heavy (non-hydrogen) atoms. The van der Waals surface area contributed by atoms with Crippen LogP contribution in [-0.4, -0.2) is 5.92 Å². The average Bonchev–Trinajstić information content (AvgIpc) is 2.08. The number of aryl methyl sites for hydroxylation is 2. The number of hydrogen-bond acceptors (Lipinski definition) is 0. The van der Waals surface area contributed by atoms with E-state index in [1.54, 1.807) is 6.92 Å². The third-order valence-electron chi connectivity index (χ3n) is 2.27. The van der Waals surface area contributed by atoms with Crippen LogP contribution in [0.15, 0.2) is 12.1 Å². The second kappa shape index (κ2) is 4.05. The molecule has 0 saturated heterocycles. The van der Waals surface area contributed by atoms with Gasteiger partial charge in [-0.1, -0.05) is 6.07 Å².